The van der Waals surface area contributed by atoms with Crippen molar-refractivity contribution in [1.82, 2.24) is 0 Å². The van der Waals surface area contributed by atoms with E-state index >= 15 is 0 Å². The quantitative estimate of drug-likeness (QED) is 0.792. The van der Waals surface area contributed by atoms with Gasteiger partial charge in [0, 0.05) is 6.42 Å². The topological polar surface area (TPSA) is 37.3 Å². The zero-order valence-corrected chi connectivity index (χ0v) is 15.6. The smallest absolute Gasteiger partial charge is 0.155 e. The van der Waals surface area contributed by atoms with Gasteiger partial charge in [0.15, 0.2) is 5.78 Å². The van der Waals surface area contributed by atoms with Gasteiger partial charge in [-0.25, -0.2) is 0 Å². The molecule has 0 heterocycles. The van der Waals surface area contributed by atoms with Crippen LogP contribution >= 0.6 is 0 Å². The van der Waals surface area contributed by atoms with Gasteiger partial charge in [-0.05, 0) is 91.9 Å². The summed E-state index contributed by atoms with van der Waals surface area (Å²) >= 11 is 0. The number of hydrogen-bond acceptors (Lipinski definition) is 2. The molecule has 0 aromatic rings. The van der Waals surface area contributed by atoms with Crippen LogP contribution in [0.15, 0.2) is 11.6 Å². The van der Waals surface area contributed by atoms with Gasteiger partial charge in [0.25, 0.3) is 0 Å². The molecule has 1 N–H and O–H groups in total. The number of aliphatic hydroxyl groups excluding tert-OH is 1. The van der Waals surface area contributed by atoms with E-state index < -0.39 is 0 Å². The number of allylic oxidation sites excluding steroid dienone is 1. The molecule has 134 valence electrons. The first-order valence-corrected chi connectivity index (χ1v) is 10.4. The van der Waals surface area contributed by atoms with Crippen molar-refractivity contribution in [3.05, 3.63) is 11.6 Å². The molecule has 0 amide bonds. The molecule has 4 aliphatic carbocycles. The highest BCUT2D eigenvalue weighted by Gasteiger charge is 2.58. The van der Waals surface area contributed by atoms with Crippen molar-refractivity contribution in [1.29, 1.82) is 0 Å². The Kier molecular flexibility index (Phi) is 4.18. The van der Waals surface area contributed by atoms with E-state index in [-0.39, 0.29) is 6.10 Å². The molecular weight excluding hydrogens is 296 g/mol. The summed E-state index contributed by atoms with van der Waals surface area (Å²) in [4.78, 5) is 11.9. The average Bonchev–Trinajstić information content (AvgIpc) is 2.90. The van der Waals surface area contributed by atoms with Crippen molar-refractivity contribution >= 4 is 5.78 Å². The normalized spacial score (nSPS) is 49.0. The van der Waals surface area contributed by atoms with Gasteiger partial charge in [-0.1, -0.05) is 26.3 Å². The molecule has 24 heavy (non-hydrogen) atoms. The van der Waals surface area contributed by atoms with Crippen molar-refractivity contribution in [3.8, 4) is 0 Å². The van der Waals surface area contributed by atoms with Gasteiger partial charge in [0.1, 0.15) is 0 Å². The maximum absolute atomic E-state index is 11.9. The average molecular weight is 331 g/mol. The van der Waals surface area contributed by atoms with Gasteiger partial charge < -0.3 is 5.11 Å². The fraction of sp³-hybridized carbons (Fsp3) is 0.864. The van der Waals surface area contributed by atoms with Crippen LogP contribution in [0.25, 0.3) is 0 Å². The fourth-order valence-electron chi connectivity index (χ4n) is 7.55. The van der Waals surface area contributed by atoms with Crippen molar-refractivity contribution in [2.45, 2.75) is 78.2 Å². The summed E-state index contributed by atoms with van der Waals surface area (Å²) in [5, 5.41) is 10.6. The van der Waals surface area contributed by atoms with Gasteiger partial charge in [-0.2, -0.15) is 0 Å². The minimum absolute atomic E-state index is 0.113. The number of hydrogen-bond donors (Lipinski definition) is 1. The van der Waals surface area contributed by atoms with E-state index in [1.54, 1.807) is 0 Å². The summed E-state index contributed by atoms with van der Waals surface area (Å²) in [6.07, 6.45) is 10.9. The Hall–Kier alpha value is -0.630. The Morgan fingerprint density at radius 1 is 1.29 bits per heavy atom. The molecule has 8 atom stereocenters. The summed E-state index contributed by atoms with van der Waals surface area (Å²) < 4.78 is 0. The second-order valence-corrected chi connectivity index (χ2v) is 9.56. The van der Waals surface area contributed by atoms with Crippen LogP contribution in [0.2, 0.25) is 0 Å². The number of carbonyl (C=O) groups excluding carboxylic acids is 1. The fourth-order valence-corrected chi connectivity index (χ4v) is 7.55. The van der Waals surface area contributed by atoms with Crippen LogP contribution in [0.5, 0.6) is 0 Å². The summed E-state index contributed by atoms with van der Waals surface area (Å²) in [5.41, 5.74) is 1.82. The molecule has 0 aromatic heterocycles. The highest BCUT2D eigenvalue weighted by Crippen LogP contribution is 2.65. The lowest BCUT2D eigenvalue weighted by Crippen LogP contribution is -2.50. The van der Waals surface area contributed by atoms with E-state index in [1.807, 2.05) is 6.08 Å². The Bertz CT molecular complexity index is 550. The highest BCUT2D eigenvalue weighted by atomic mass is 16.3. The summed E-state index contributed by atoms with van der Waals surface area (Å²) in [7, 11) is 0. The molecule has 4 aliphatic rings. The number of aliphatic hydroxyl groups is 1. The monoisotopic (exact) mass is 330 g/mol. The van der Waals surface area contributed by atoms with Gasteiger partial charge in [-0.3, -0.25) is 4.79 Å². The molecule has 0 aliphatic heterocycles. The van der Waals surface area contributed by atoms with Crippen LogP contribution in [0.1, 0.15) is 72.1 Å². The van der Waals surface area contributed by atoms with E-state index in [4.69, 9.17) is 0 Å². The minimum Gasteiger partial charge on any atom is -0.393 e. The molecule has 0 saturated heterocycles. The molecule has 0 unspecified atom stereocenters. The van der Waals surface area contributed by atoms with Gasteiger partial charge in [0.05, 0.1) is 6.10 Å². The Labute approximate surface area is 147 Å². The predicted molar refractivity (Wildman–Crippen MR) is 96.4 cm³/mol. The van der Waals surface area contributed by atoms with Crippen LogP contribution in [0.4, 0.5) is 0 Å². The van der Waals surface area contributed by atoms with E-state index in [0.717, 1.165) is 43.4 Å². The van der Waals surface area contributed by atoms with Gasteiger partial charge in [0.2, 0.25) is 0 Å². The lowest BCUT2D eigenvalue weighted by atomic mass is 9.48. The zero-order valence-electron chi connectivity index (χ0n) is 15.6. The molecule has 4 rings (SSSR count). The lowest BCUT2D eigenvalue weighted by molar-refractivity contribution is -0.116. The Morgan fingerprint density at radius 2 is 2.08 bits per heavy atom. The molecule has 0 spiro atoms. The summed E-state index contributed by atoms with van der Waals surface area (Å²) in [6.45, 7) is 7.06. The van der Waals surface area contributed by atoms with E-state index in [9.17, 15) is 9.90 Å². The second kappa shape index (κ2) is 5.97. The summed E-state index contributed by atoms with van der Waals surface area (Å²) in [5.74, 6) is 4.65. The number of rotatable bonds is 2. The van der Waals surface area contributed by atoms with Crippen molar-refractivity contribution < 1.29 is 9.90 Å². The van der Waals surface area contributed by atoms with E-state index in [2.05, 4.69) is 20.8 Å². The highest BCUT2D eigenvalue weighted by molar-refractivity contribution is 5.91. The van der Waals surface area contributed by atoms with Crippen LogP contribution in [-0.2, 0) is 4.79 Å². The van der Waals surface area contributed by atoms with Crippen molar-refractivity contribution in [2.75, 3.05) is 0 Å². The maximum Gasteiger partial charge on any atom is 0.155 e. The molecule has 2 nitrogen and oxygen atoms in total. The number of fused-ring (bicyclic) bond motifs is 5. The first-order chi connectivity index (χ1) is 11.5. The van der Waals surface area contributed by atoms with Crippen molar-refractivity contribution in [3.63, 3.8) is 0 Å². The molecule has 0 radical (unpaired) electrons. The van der Waals surface area contributed by atoms with Crippen LogP contribution < -0.4 is 0 Å². The van der Waals surface area contributed by atoms with Gasteiger partial charge >= 0.3 is 0 Å². The van der Waals surface area contributed by atoms with Crippen LogP contribution in [0, 0.1) is 40.9 Å². The Balaban J connectivity index is 1.63. The third-order valence-corrected chi connectivity index (χ3v) is 8.60. The lowest BCUT2D eigenvalue weighted by Gasteiger charge is -2.56. The third-order valence-electron chi connectivity index (χ3n) is 8.60. The molecule has 0 bridgehead atoms. The van der Waals surface area contributed by atoms with Gasteiger partial charge in [-0.15, -0.1) is 0 Å². The molecular formula is C22H34O2. The first kappa shape index (κ1) is 16.8. The first-order valence-electron chi connectivity index (χ1n) is 10.4. The standard InChI is InChI=1S/C22H34O2/c1-4-20(24)18-7-8-19-21-13(2)11-14-12-15(23)5-6-16(14)17(21)9-10-22(18,19)3/h12-13,16-21,24H,4-11H2,1-3H3/t13-,16+,17-,18-,19-,20+,21-,22-/m1/s1. The van der Waals surface area contributed by atoms with E-state index in [0.29, 0.717) is 29.0 Å². The number of carbonyl (C=O) groups is 1. The third kappa shape index (κ3) is 2.35. The SMILES string of the molecule is CC[C@H](O)[C@H]1CC[C@@H]2[C@H]3[C@H](CC[C@@]21C)[C@H]1CCC(=O)C=C1C[C@H]3C. The molecule has 3 saturated carbocycles. The maximum atomic E-state index is 11.9. The van der Waals surface area contributed by atoms with Crippen molar-refractivity contribution in [2.24, 2.45) is 40.9 Å². The zero-order chi connectivity index (χ0) is 17.1. The molecule has 2 heteroatoms. The Morgan fingerprint density at radius 3 is 2.83 bits per heavy atom. The van der Waals surface area contributed by atoms with Crippen LogP contribution in [-0.4, -0.2) is 17.0 Å². The summed E-state index contributed by atoms with van der Waals surface area (Å²) in [6, 6.07) is 0. The van der Waals surface area contributed by atoms with E-state index in [1.165, 1.54) is 31.3 Å². The molecule has 3 fully saturated rings. The van der Waals surface area contributed by atoms with Crippen LogP contribution in [0.3, 0.4) is 0 Å². The molecule has 0 aromatic carbocycles. The minimum atomic E-state index is -0.113. The second-order valence-electron chi connectivity index (χ2n) is 9.56. The predicted octanol–water partition coefficient (Wildman–Crippen LogP) is 4.76. The largest absolute Gasteiger partial charge is 0.393 e. The number of ketones is 1.